The number of sulfonamides is 1. The minimum atomic E-state index is -3.45. The van der Waals surface area contributed by atoms with Crippen molar-refractivity contribution in [1.29, 1.82) is 0 Å². The first-order valence-corrected chi connectivity index (χ1v) is 10.8. The van der Waals surface area contributed by atoms with Crippen LogP contribution in [0.15, 0.2) is 23.1 Å². The number of nitrogens with zero attached hydrogens (tertiary/aromatic N) is 2. The Morgan fingerprint density at radius 1 is 1.08 bits per heavy atom. The summed E-state index contributed by atoms with van der Waals surface area (Å²) in [6.45, 7) is 3.60. The molecule has 1 saturated carbocycles. The average Bonchev–Trinajstić information content (AvgIpc) is 2.95. The molecule has 5 rings (SSSR count). The predicted molar refractivity (Wildman–Crippen MR) is 97.0 cm³/mol. The molecule has 136 valence electrons. The van der Waals surface area contributed by atoms with Crippen LogP contribution in [0.25, 0.3) is 0 Å². The van der Waals surface area contributed by atoms with Gasteiger partial charge in [0, 0.05) is 32.2 Å². The Hall–Kier alpha value is -1.40. The molecule has 1 aromatic rings. The quantitative estimate of drug-likeness (QED) is 0.813. The molecule has 1 amide bonds. The molecule has 0 unspecified atom stereocenters. The largest absolute Gasteiger partial charge is 0.312 e. The lowest BCUT2D eigenvalue weighted by Gasteiger charge is -2.29. The minimum Gasteiger partial charge on any atom is -0.312 e. The van der Waals surface area contributed by atoms with Crippen LogP contribution in [0, 0.1) is 11.8 Å². The van der Waals surface area contributed by atoms with Crippen LogP contribution in [-0.2, 0) is 21.2 Å². The van der Waals surface area contributed by atoms with Crippen LogP contribution in [0.5, 0.6) is 0 Å². The second-order valence-electron chi connectivity index (χ2n) is 7.77. The van der Waals surface area contributed by atoms with Crippen LogP contribution in [0.4, 0.5) is 5.69 Å². The van der Waals surface area contributed by atoms with Crippen molar-refractivity contribution in [3.05, 3.63) is 23.8 Å². The average molecular weight is 362 g/mol. The summed E-state index contributed by atoms with van der Waals surface area (Å²) in [7, 11) is -3.45. The molecule has 3 heterocycles. The van der Waals surface area contributed by atoms with E-state index in [0.717, 1.165) is 49.8 Å². The lowest BCUT2D eigenvalue weighted by molar-refractivity contribution is -0.116. The number of carbonyl (C=O) groups is 1. The highest BCUT2D eigenvalue weighted by molar-refractivity contribution is 7.89. The van der Waals surface area contributed by atoms with Crippen molar-refractivity contribution in [3.8, 4) is 0 Å². The first kappa shape index (κ1) is 17.0. The predicted octanol–water partition coefficient (Wildman–Crippen LogP) is 2.80. The fourth-order valence-electron chi connectivity index (χ4n) is 4.65. The van der Waals surface area contributed by atoms with Crippen molar-refractivity contribution in [1.82, 2.24) is 4.31 Å². The molecule has 1 aromatic carbocycles. The molecule has 0 atom stereocenters. The van der Waals surface area contributed by atoms with Crippen LogP contribution >= 0.6 is 0 Å². The van der Waals surface area contributed by atoms with Gasteiger partial charge in [-0.05, 0) is 74.1 Å². The molecule has 3 aliphatic heterocycles. The van der Waals surface area contributed by atoms with Crippen molar-refractivity contribution in [2.24, 2.45) is 11.8 Å². The molecule has 0 N–H and O–H groups in total. The van der Waals surface area contributed by atoms with Crippen LogP contribution in [-0.4, -0.2) is 38.3 Å². The SMILES string of the molecule is CC(=O)N1CCCc2cc(S(=O)(=O)N3CC4CCC(CC4)C3)ccc21. The maximum atomic E-state index is 13.2. The van der Waals surface area contributed by atoms with Crippen molar-refractivity contribution < 1.29 is 13.2 Å². The smallest absolute Gasteiger partial charge is 0.243 e. The molecule has 0 radical (unpaired) electrons. The number of fused-ring (bicyclic) bond motifs is 5. The molecule has 6 heteroatoms. The van der Waals surface area contributed by atoms with Gasteiger partial charge in [-0.15, -0.1) is 0 Å². The molecule has 2 bridgehead atoms. The highest BCUT2D eigenvalue weighted by atomic mass is 32.2. The Morgan fingerprint density at radius 3 is 2.32 bits per heavy atom. The third-order valence-electron chi connectivity index (χ3n) is 6.08. The van der Waals surface area contributed by atoms with Gasteiger partial charge in [0.25, 0.3) is 0 Å². The van der Waals surface area contributed by atoms with Gasteiger partial charge in [0.1, 0.15) is 0 Å². The zero-order valence-corrected chi connectivity index (χ0v) is 15.6. The lowest BCUT2D eigenvalue weighted by Crippen LogP contribution is -2.36. The summed E-state index contributed by atoms with van der Waals surface area (Å²) in [5, 5.41) is 0. The van der Waals surface area contributed by atoms with E-state index >= 15 is 0 Å². The summed E-state index contributed by atoms with van der Waals surface area (Å²) in [5.74, 6) is 1.04. The van der Waals surface area contributed by atoms with Gasteiger partial charge in [-0.3, -0.25) is 4.79 Å². The van der Waals surface area contributed by atoms with Gasteiger partial charge in [-0.2, -0.15) is 4.31 Å². The molecular weight excluding hydrogens is 336 g/mol. The topological polar surface area (TPSA) is 57.7 Å². The van der Waals surface area contributed by atoms with E-state index in [0.29, 0.717) is 36.4 Å². The highest BCUT2D eigenvalue weighted by Gasteiger charge is 2.36. The summed E-state index contributed by atoms with van der Waals surface area (Å²) in [5.41, 5.74) is 1.84. The van der Waals surface area contributed by atoms with Gasteiger partial charge < -0.3 is 4.90 Å². The van der Waals surface area contributed by atoms with Crippen LogP contribution < -0.4 is 4.90 Å². The second kappa shape index (κ2) is 6.40. The van der Waals surface area contributed by atoms with Gasteiger partial charge in [0.15, 0.2) is 0 Å². The van der Waals surface area contributed by atoms with Gasteiger partial charge >= 0.3 is 0 Å². The van der Waals surface area contributed by atoms with Gasteiger partial charge in [0.2, 0.25) is 15.9 Å². The number of rotatable bonds is 2. The fourth-order valence-corrected chi connectivity index (χ4v) is 6.30. The number of carbonyl (C=O) groups excluding carboxylic acids is 1. The third kappa shape index (κ3) is 3.10. The lowest BCUT2D eigenvalue weighted by atomic mass is 9.84. The summed E-state index contributed by atoms with van der Waals surface area (Å²) < 4.78 is 28.1. The van der Waals surface area contributed by atoms with Gasteiger partial charge in [0.05, 0.1) is 4.90 Å². The number of amides is 1. The second-order valence-corrected chi connectivity index (χ2v) is 9.71. The maximum Gasteiger partial charge on any atom is 0.243 e. The summed E-state index contributed by atoms with van der Waals surface area (Å²) in [6.07, 6.45) is 6.35. The molecular formula is C19H26N2O3S. The van der Waals surface area contributed by atoms with E-state index in [2.05, 4.69) is 0 Å². The number of hydrogen-bond donors (Lipinski definition) is 0. The van der Waals surface area contributed by atoms with E-state index in [4.69, 9.17) is 0 Å². The highest BCUT2D eigenvalue weighted by Crippen LogP contribution is 2.37. The standard InChI is InChI=1S/C19H26N2O3S/c1-14(22)21-10-2-3-17-11-18(8-9-19(17)21)25(23,24)20-12-15-4-5-16(13-20)7-6-15/h8-9,11,15-16H,2-7,10,12-13H2,1H3. The first-order valence-electron chi connectivity index (χ1n) is 9.36. The fraction of sp³-hybridized carbons (Fsp3) is 0.632. The Kier molecular flexibility index (Phi) is 4.36. The molecule has 25 heavy (non-hydrogen) atoms. The van der Waals surface area contributed by atoms with Crippen LogP contribution in [0.2, 0.25) is 0 Å². The summed E-state index contributed by atoms with van der Waals surface area (Å²) in [6, 6.07) is 5.30. The maximum absolute atomic E-state index is 13.2. The van der Waals surface area contributed by atoms with E-state index < -0.39 is 10.0 Å². The normalized spacial score (nSPS) is 27.0. The number of aryl methyl sites for hydroxylation is 1. The Morgan fingerprint density at radius 2 is 1.72 bits per heavy atom. The molecule has 2 saturated heterocycles. The van der Waals surface area contributed by atoms with Crippen molar-refractivity contribution >= 4 is 21.6 Å². The van der Waals surface area contributed by atoms with Crippen LogP contribution in [0.1, 0.15) is 44.6 Å². The zero-order valence-electron chi connectivity index (χ0n) is 14.8. The Bertz CT molecular complexity index is 768. The van der Waals surface area contributed by atoms with E-state index in [-0.39, 0.29) is 5.91 Å². The Balaban J connectivity index is 1.66. The Labute approximate surface area is 150 Å². The number of hydrogen-bond acceptors (Lipinski definition) is 3. The van der Waals surface area contributed by atoms with Crippen molar-refractivity contribution in [3.63, 3.8) is 0 Å². The molecule has 4 aliphatic rings. The van der Waals surface area contributed by atoms with Crippen LogP contribution in [0.3, 0.4) is 0 Å². The third-order valence-corrected chi connectivity index (χ3v) is 7.91. The van der Waals surface area contributed by atoms with E-state index in [9.17, 15) is 13.2 Å². The van der Waals surface area contributed by atoms with Crippen molar-refractivity contribution in [2.45, 2.75) is 50.3 Å². The zero-order chi connectivity index (χ0) is 17.6. The monoisotopic (exact) mass is 362 g/mol. The van der Waals surface area contributed by atoms with E-state index in [1.807, 2.05) is 6.07 Å². The van der Waals surface area contributed by atoms with Gasteiger partial charge in [-0.1, -0.05) is 0 Å². The van der Waals surface area contributed by atoms with E-state index in [1.165, 1.54) is 0 Å². The number of anilines is 1. The first-order chi connectivity index (χ1) is 11.9. The molecule has 1 aliphatic carbocycles. The van der Waals surface area contributed by atoms with Crippen molar-refractivity contribution in [2.75, 3.05) is 24.5 Å². The molecule has 0 spiro atoms. The van der Waals surface area contributed by atoms with Gasteiger partial charge in [-0.25, -0.2) is 8.42 Å². The summed E-state index contributed by atoms with van der Waals surface area (Å²) >= 11 is 0. The molecule has 0 aromatic heterocycles. The minimum absolute atomic E-state index is 0.0145. The van der Waals surface area contributed by atoms with E-state index in [1.54, 1.807) is 28.3 Å². The summed E-state index contributed by atoms with van der Waals surface area (Å²) in [4.78, 5) is 13.9. The molecule has 5 nitrogen and oxygen atoms in total. The molecule has 3 fully saturated rings. The number of benzene rings is 1.